The number of nitrogens with zero attached hydrogens (tertiary/aromatic N) is 2. The Balaban J connectivity index is 2.63. The number of imidazole rings is 1. The lowest BCUT2D eigenvalue weighted by Crippen LogP contribution is -2.08. The monoisotopic (exact) mass is 250 g/mol. The summed E-state index contributed by atoms with van der Waals surface area (Å²) in [6.07, 6.45) is 1.33. The van der Waals surface area contributed by atoms with Crippen LogP contribution in [0, 0.1) is 0 Å². The summed E-state index contributed by atoms with van der Waals surface area (Å²) in [5.74, 6) is 0.00601. The Morgan fingerprint density at radius 1 is 1.61 bits per heavy atom. The van der Waals surface area contributed by atoms with Gasteiger partial charge in [-0.3, -0.25) is 0 Å². The zero-order valence-corrected chi connectivity index (χ0v) is 10.1. The summed E-state index contributed by atoms with van der Waals surface area (Å²) in [6, 6.07) is 2.92. The lowest BCUT2D eigenvalue weighted by atomic mass is 10.3. The largest absolute Gasteiger partial charge is 0.508 e. The molecule has 2 aromatic heterocycles. The third-order valence-electron chi connectivity index (χ3n) is 2.56. The highest BCUT2D eigenvalue weighted by Gasteiger charge is 2.19. The molecule has 2 rings (SSSR count). The van der Waals surface area contributed by atoms with Crippen LogP contribution in [0.1, 0.15) is 23.2 Å². The first-order chi connectivity index (χ1) is 8.52. The van der Waals surface area contributed by atoms with Crippen molar-refractivity contribution in [1.29, 1.82) is 0 Å². The SMILES string of the molecule is COC(=O)c1nc(CC(C)O)n2ccc(O)cc12. The van der Waals surface area contributed by atoms with Crippen molar-refractivity contribution in [3.05, 3.63) is 29.8 Å². The highest BCUT2D eigenvalue weighted by atomic mass is 16.5. The summed E-state index contributed by atoms with van der Waals surface area (Å²) in [5, 5.41) is 18.9. The van der Waals surface area contributed by atoms with E-state index in [2.05, 4.69) is 9.72 Å². The molecule has 0 spiro atoms. The molecule has 0 fully saturated rings. The molecule has 0 radical (unpaired) electrons. The van der Waals surface area contributed by atoms with Gasteiger partial charge >= 0.3 is 5.97 Å². The minimum Gasteiger partial charge on any atom is -0.508 e. The summed E-state index contributed by atoms with van der Waals surface area (Å²) in [5.41, 5.74) is 0.585. The van der Waals surface area contributed by atoms with Crippen molar-refractivity contribution in [2.75, 3.05) is 7.11 Å². The maximum Gasteiger partial charge on any atom is 0.358 e. The number of ether oxygens (including phenoxy) is 1. The molecule has 0 amide bonds. The van der Waals surface area contributed by atoms with Crippen LogP contribution in [0.2, 0.25) is 0 Å². The number of fused-ring (bicyclic) bond motifs is 1. The standard InChI is InChI=1S/C12H14N2O4/c1-7(15)5-10-13-11(12(17)18-2)9-6-8(16)3-4-14(9)10/h3-4,6-7,15-16H,5H2,1-2H3. The first-order valence-electron chi connectivity index (χ1n) is 5.49. The van der Waals surface area contributed by atoms with E-state index in [1.54, 1.807) is 17.5 Å². The van der Waals surface area contributed by atoms with Crippen LogP contribution < -0.4 is 0 Å². The van der Waals surface area contributed by atoms with Gasteiger partial charge in [0.25, 0.3) is 0 Å². The van der Waals surface area contributed by atoms with Gasteiger partial charge in [0.1, 0.15) is 11.6 Å². The van der Waals surface area contributed by atoms with Crippen LogP contribution in [-0.2, 0) is 11.2 Å². The van der Waals surface area contributed by atoms with E-state index in [1.807, 2.05) is 0 Å². The second kappa shape index (κ2) is 4.66. The number of aliphatic hydroxyl groups excluding tert-OH is 1. The topological polar surface area (TPSA) is 84.1 Å². The molecule has 0 saturated carbocycles. The summed E-state index contributed by atoms with van der Waals surface area (Å²) in [6.45, 7) is 1.64. The molecule has 0 aromatic carbocycles. The van der Waals surface area contributed by atoms with E-state index in [0.29, 0.717) is 17.8 Å². The molecule has 6 heteroatoms. The van der Waals surface area contributed by atoms with E-state index < -0.39 is 12.1 Å². The summed E-state index contributed by atoms with van der Waals surface area (Å²) < 4.78 is 6.30. The van der Waals surface area contributed by atoms with Crippen molar-refractivity contribution in [3.8, 4) is 5.75 Å². The number of methoxy groups -OCH3 is 1. The molecule has 18 heavy (non-hydrogen) atoms. The highest BCUT2D eigenvalue weighted by Crippen LogP contribution is 2.20. The molecule has 2 aromatic rings. The Labute approximate surface area is 103 Å². The molecule has 2 heterocycles. The minimum atomic E-state index is -0.574. The average molecular weight is 250 g/mol. The van der Waals surface area contributed by atoms with Gasteiger partial charge in [0.05, 0.1) is 18.7 Å². The fraction of sp³-hybridized carbons (Fsp3) is 0.333. The predicted molar refractivity (Wildman–Crippen MR) is 63.6 cm³/mol. The molecule has 0 aliphatic carbocycles. The third-order valence-corrected chi connectivity index (χ3v) is 2.56. The van der Waals surface area contributed by atoms with E-state index in [9.17, 15) is 15.0 Å². The van der Waals surface area contributed by atoms with Crippen molar-refractivity contribution in [2.24, 2.45) is 0 Å². The van der Waals surface area contributed by atoms with Crippen LogP contribution in [0.5, 0.6) is 5.75 Å². The number of esters is 1. The fourth-order valence-corrected chi connectivity index (χ4v) is 1.79. The van der Waals surface area contributed by atoms with E-state index in [0.717, 1.165) is 0 Å². The molecule has 1 unspecified atom stereocenters. The Hall–Kier alpha value is -2.08. The number of hydrogen-bond donors (Lipinski definition) is 2. The van der Waals surface area contributed by atoms with Crippen LogP contribution in [0.25, 0.3) is 5.52 Å². The number of aromatic nitrogens is 2. The number of carbonyl (C=O) groups excluding carboxylic acids is 1. The summed E-state index contributed by atoms with van der Waals surface area (Å²) in [4.78, 5) is 15.8. The van der Waals surface area contributed by atoms with Crippen molar-refractivity contribution in [2.45, 2.75) is 19.4 Å². The Kier molecular flexibility index (Phi) is 3.20. The van der Waals surface area contributed by atoms with E-state index >= 15 is 0 Å². The number of rotatable bonds is 3. The molecule has 96 valence electrons. The second-order valence-corrected chi connectivity index (χ2v) is 4.06. The molecule has 6 nitrogen and oxygen atoms in total. The molecule has 2 N–H and O–H groups in total. The van der Waals surface area contributed by atoms with Crippen molar-refractivity contribution in [1.82, 2.24) is 9.38 Å². The Bertz CT molecular complexity index is 589. The number of hydrogen-bond acceptors (Lipinski definition) is 5. The van der Waals surface area contributed by atoms with Crippen LogP contribution >= 0.6 is 0 Å². The maximum absolute atomic E-state index is 11.6. The van der Waals surface area contributed by atoms with Crippen LogP contribution in [0.3, 0.4) is 0 Å². The van der Waals surface area contributed by atoms with Gasteiger partial charge in [0.2, 0.25) is 0 Å². The third kappa shape index (κ3) is 2.14. The molecule has 0 saturated heterocycles. The molecule has 0 aliphatic heterocycles. The van der Waals surface area contributed by atoms with E-state index in [-0.39, 0.29) is 11.4 Å². The molecule has 0 bridgehead atoms. The second-order valence-electron chi connectivity index (χ2n) is 4.06. The van der Waals surface area contributed by atoms with Gasteiger partial charge in [0, 0.05) is 18.7 Å². The van der Waals surface area contributed by atoms with Crippen molar-refractivity contribution in [3.63, 3.8) is 0 Å². The normalized spacial score (nSPS) is 12.6. The molecular formula is C12H14N2O4. The average Bonchev–Trinajstić information content (AvgIpc) is 2.65. The van der Waals surface area contributed by atoms with Crippen LogP contribution in [0.15, 0.2) is 18.3 Å². The minimum absolute atomic E-state index is 0.0381. The first-order valence-corrected chi connectivity index (χ1v) is 5.49. The van der Waals surface area contributed by atoms with Gasteiger partial charge in [-0.25, -0.2) is 9.78 Å². The first kappa shape index (κ1) is 12.4. The van der Waals surface area contributed by atoms with Crippen LogP contribution in [0.4, 0.5) is 0 Å². The zero-order valence-electron chi connectivity index (χ0n) is 10.1. The van der Waals surface area contributed by atoms with Crippen LogP contribution in [-0.4, -0.2) is 38.8 Å². The number of pyridine rings is 1. The smallest absolute Gasteiger partial charge is 0.358 e. The lowest BCUT2D eigenvalue weighted by molar-refractivity contribution is 0.0596. The van der Waals surface area contributed by atoms with E-state index in [4.69, 9.17) is 0 Å². The van der Waals surface area contributed by atoms with Gasteiger partial charge in [-0.2, -0.15) is 0 Å². The number of aliphatic hydroxyl groups is 1. The van der Waals surface area contributed by atoms with Gasteiger partial charge in [-0.15, -0.1) is 0 Å². The van der Waals surface area contributed by atoms with Gasteiger partial charge in [-0.05, 0) is 13.0 Å². The van der Waals surface area contributed by atoms with Crippen molar-refractivity contribution < 1.29 is 19.7 Å². The predicted octanol–water partition coefficient (Wildman–Crippen LogP) is 0.750. The molecular weight excluding hydrogens is 236 g/mol. The van der Waals surface area contributed by atoms with Gasteiger partial charge in [0.15, 0.2) is 5.69 Å². The van der Waals surface area contributed by atoms with Crippen molar-refractivity contribution >= 4 is 11.5 Å². The Morgan fingerprint density at radius 2 is 2.33 bits per heavy atom. The molecule has 1 atom stereocenters. The van der Waals surface area contributed by atoms with Gasteiger partial charge < -0.3 is 19.4 Å². The highest BCUT2D eigenvalue weighted by molar-refractivity contribution is 5.95. The quantitative estimate of drug-likeness (QED) is 0.785. The van der Waals surface area contributed by atoms with Gasteiger partial charge in [-0.1, -0.05) is 0 Å². The lowest BCUT2D eigenvalue weighted by Gasteiger charge is -2.03. The summed E-state index contributed by atoms with van der Waals surface area (Å²) in [7, 11) is 1.27. The van der Waals surface area contributed by atoms with E-state index in [1.165, 1.54) is 19.2 Å². The zero-order chi connectivity index (χ0) is 13.3. The summed E-state index contributed by atoms with van der Waals surface area (Å²) >= 11 is 0. The fourth-order valence-electron chi connectivity index (χ4n) is 1.79. The molecule has 0 aliphatic rings. The number of carbonyl (C=O) groups is 1. The Morgan fingerprint density at radius 3 is 2.94 bits per heavy atom. The maximum atomic E-state index is 11.6. The number of aromatic hydroxyl groups is 1.